The van der Waals surface area contributed by atoms with Crippen molar-refractivity contribution in [3.05, 3.63) is 0 Å². The van der Waals surface area contributed by atoms with Gasteiger partial charge in [-0.15, -0.1) is 0 Å². The van der Waals surface area contributed by atoms with Crippen LogP contribution in [0.3, 0.4) is 0 Å². The minimum absolute atomic E-state index is 0.171. The van der Waals surface area contributed by atoms with Gasteiger partial charge in [0.15, 0.2) is 0 Å². The number of rotatable bonds is 2. The Morgan fingerprint density at radius 3 is 2.20 bits per heavy atom. The van der Waals surface area contributed by atoms with Gasteiger partial charge in [0.1, 0.15) is 0 Å². The van der Waals surface area contributed by atoms with Crippen LogP contribution in [0, 0.1) is 23.7 Å². The SMILES string of the molecule is CN(C)C(=O)N1CCC(NC2C3C4CCC(C4)C23)CC1. The second-order valence-electron chi connectivity index (χ2n) is 7.62. The van der Waals surface area contributed by atoms with E-state index in [9.17, 15) is 4.79 Å². The molecule has 4 heteroatoms. The molecule has 112 valence electrons. The number of nitrogens with one attached hydrogen (secondary N) is 1. The molecule has 3 aliphatic carbocycles. The van der Waals surface area contributed by atoms with Gasteiger partial charge in [-0.1, -0.05) is 0 Å². The molecular weight excluding hydrogens is 250 g/mol. The van der Waals surface area contributed by atoms with Crippen molar-refractivity contribution in [3.8, 4) is 0 Å². The Hall–Kier alpha value is -0.770. The Morgan fingerprint density at radius 2 is 1.65 bits per heavy atom. The summed E-state index contributed by atoms with van der Waals surface area (Å²) in [6.45, 7) is 1.84. The summed E-state index contributed by atoms with van der Waals surface area (Å²) in [5.74, 6) is 4.15. The zero-order chi connectivity index (χ0) is 13.9. The van der Waals surface area contributed by atoms with Gasteiger partial charge in [0.2, 0.25) is 0 Å². The van der Waals surface area contributed by atoms with E-state index < -0.39 is 0 Å². The number of fused-ring (bicyclic) bond motifs is 5. The number of carbonyl (C=O) groups is 1. The van der Waals surface area contributed by atoms with E-state index in [0.29, 0.717) is 6.04 Å². The van der Waals surface area contributed by atoms with Gasteiger partial charge in [-0.2, -0.15) is 0 Å². The van der Waals surface area contributed by atoms with Crippen LogP contribution in [0.25, 0.3) is 0 Å². The number of carbonyl (C=O) groups excluding carboxylic acids is 1. The Kier molecular flexibility index (Phi) is 2.99. The summed E-state index contributed by atoms with van der Waals surface area (Å²) in [7, 11) is 3.68. The number of nitrogens with zero attached hydrogens (tertiary/aromatic N) is 2. The Morgan fingerprint density at radius 1 is 1.05 bits per heavy atom. The minimum Gasteiger partial charge on any atom is -0.331 e. The first-order valence-electron chi connectivity index (χ1n) is 8.37. The Bertz CT molecular complexity index is 387. The highest BCUT2D eigenvalue weighted by Gasteiger charge is 2.64. The molecule has 0 aromatic carbocycles. The van der Waals surface area contributed by atoms with Crippen LogP contribution >= 0.6 is 0 Å². The summed E-state index contributed by atoms with van der Waals surface area (Å²) in [5, 5.41) is 3.93. The van der Waals surface area contributed by atoms with E-state index in [1.54, 1.807) is 4.90 Å². The molecule has 0 aromatic heterocycles. The molecule has 0 aromatic rings. The van der Waals surface area contributed by atoms with Crippen LogP contribution in [-0.2, 0) is 0 Å². The van der Waals surface area contributed by atoms with E-state index in [1.165, 1.54) is 19.3 Å². The fraction of sp³-hybridized carbons (Fsp3) is 0.938. The molecular formula is C16H27N3O. The highest BCUT2D eigenvalue weighted by Crippen LogP contribution is 2.65. The van der Waals surface area contributed by atoms with Crippen molar-refractivity contribution in [3.63, 3.8) is 0 Å². The van der Waals surface area contributed by atoms with E-state index >= 15 is 0 Å². The van der Waals surface area contributed by atoms with Gasteiger partial charge in [-0.05, 0) is 55.8 Å². The third kappa shape index (κ3) is 1.95. The van der Waals surface area contributed by atoms with Crippen LogP contribution in [0.4, 0.5) is 4.79 Å². The second kappa shape index (κ2) is 4.62. The van der Waals surface area contributed by atoms with Crippen molar-refractivity contribution in [2.24, 2.45) is 23.7 Å². The van der Waals surface area contributed by atoms with Gasteiger partial charge in [-0.3, -0.25) is 0 Å². The van der Waals surface area contributed by atoms with Crippen LogP contribution in [0.2, 0.25) is 0 Å². The molecule has 1 aliphatic heterocycles. The van der Waals surface area contributed by atoms with E-state index in [1.807, 2.05) is 19.0 Å². The number of hydrogen-bond acceptors (Lipinski definition) is 2. The van der Waals surface area contributed by atoms with Gasteiger partial charge in [0.05, 0.1) is 0 Å². The lowest BCUT2D eigenvalue weighted by Crippen LogP contribution is -2.48. The minimum atomic E-state index is 0.171. The summed E-state index contributed by atoms with van der Waals surface area (Å²) in [6, 6.07) is 1.66. The number of urea groups is 1. The van der Waals surface area contributed by atoms with Crippen LogP contribution in [0.1, 0.15) is 32.1 Å². The molecule has 4 unspecified atom stereocenters. The molecule has 4 nitrogen and oxygen atoms in total. The Labute approximate surface area is 121 Å². The lowest BCUT2D eigenvalue weighted by molar-refractivity contribution is 0.151. The van der Waals surface area contributed by atoms with Gasteiger partial charge in [-0.25, -0.2) is 4.79 Å². The summed E-state index contributed by atoms with van der Waals surface area (Å²) >= 11 is 0. The van der Waals surface area contributed by atoms with Crippen LogP contribution < -0.4 is 5.32 Å². The largest absolute Gasteiger partial charge is 0.331 e. The topological polar surface area (TPSA) is 35.6 Å². The number of amides is 2. The van der Waals surface area contributed by atoms with E-state index in [-0.39, 0.29) is 6.03 Å². The normalized spacial score (nSPS) is 42.7. The highest BCUT2D eigenvalue weighted by molar-refractivity contribution is 5.73. The van der Waals surface area contributed by atoms with Crippen molar-refractivity contribution in [1.29, 1.82) is 0 Å². The first-order valence-corrected chi connectivity index (χ1v) is 8.37. The predicted molar refractivity (Wildman–Crippen MR) is 78.4 cm³/mol. The average Bonchev–Trinajstić information content (AvgIpc) is 2.84. The molecule has 2 bridgehead atoms. The predicted octanol–water partition coefficient (Wildman–Crippen LogP) is 1.77. The molecule has 4 atom stereocenters. The van der Waals surface area contributed by atoms with Crippen LogP contribution in [0.15, 0.2) is 0 Å². The molecule has 0 radical (unpaired) electrons. The second-order valence-corrected chi connectivity index (χ2v) is 7.62. The van der Waals surface area contributed by atoms with Gasteiger partial charge < -0.3 is 15.1 Å². The molecule has 4 aliphatic rings. The van der Waals surface area contributed by atoms with Gasteiger partial charge in [0, 0.05) is 39.3 Å². The van der Waals surface area contributed by atoms with Crippen molar-refractivity contribution in [1.82, 2.24) is 15.1 Å². The third-order valence-electron chi connectivity index (χ3n) is 6.31. The van der Waals surface area contributed by atoms with Gasteiger partial charge in [0.25, 0.3) is 0 Å². The molecule has 0 spiro atoms. The van der Waals surface area contributed by atoms with Gasteiger partial charge >= 0.3 is 6.03 Å². The van der Waals surface area contributed by atoms with Crippen LogP contribution in [-0.4, -0.2) is 55.1 Å². The molecule has 4 rings (SSSR count). The first-order chi connectivity index (χ1) is 9.65. The van der Waals surface area contributed by atoms with Crippen molar-refractivity contribution >= 4 is 6.03 Å². The molecule has 4 fully saturated rings. The molecule has 3 saturated carbocycles. The maximum Gasteiger partial charge on any atom is 0.319 e. The zero-order valence-corrected chi connectivity index (χ0v) is 12.7. The fourth-order valence-electron chi connectivity index (χ4n) is 5.34. The quantitative estimate of drug-likeness (QED) is 0.835. The maximum absolute atomic E-state index is 11.9. The zero-order valence-electron chi connectivity index (χ0n) is 12.7. The average molecular weight is 277 g/mol. The van der Waals surface area contributed by atoms with Crippen LogP contribution in [0.5, 0.6) is 0 Å². The molecule has 1 N–H and O–H groups in total. The van der Waals surface area contributed by atoms with E-state index in [4.69, 9.17) is 0 Å². The summed E-state index contributed by atoms with van der Waals surface area (Å²) in [4.78, 5) is 15.6. The smallest absolute Gasteiger partial charge is 0.319 e. The number of likely N-dealkylation sites (tertiary alicyclic amines) is 1. The fourth-order valence-corrected chi connectivity index (χ4v) is 5.34. The lowest BCUT2D eigenvalue weighted by Gasteiger charge is -2.34. The van der Waals surface area contributed by atoms with Crippen molar-refractivity contribution in [2.75, 3.05) is 27.2 Å². The third-order valence-corrected chi connectivity index (χ3v) is 6.31. The molecule has 2 amide bonds. The lowest BCUT2D eigenvalue weighted by atomic mass is 10.0. The number of piperidine rings is 1. The molecule has 20 heavy (non-hydrogen) atoms. The van der Waals surface area contributed by atoms with E-state index in [0.717, 1.165) is 55.6 Å². The first kappa shape index (κ1) is 12.9. The molecule has 1 saturated heterocycles. The van der Waals surface area contributed by atoms with Crippen molar-refractivity contribution < 1.29 is 4.79 Å². The van der Waals surface area contributed by atoms with Crippen molar-refractivity contribution in [2.45, 2.75) is 44.2 Å². The standard InChI is InChI=1S/C16H27N3O/c1-18(2)16(20)19-7-5-12(6-8-19)17-15-13-10-3-4-11(9-10)14(13)15/h10-15,17H,3-9H2,1-2H3. The monoisotopic (exact) mass is 277 g/mol. The number of hydrogen-bond donors (Lipinski definition) is 1. The summed E-state index contributed by atoms with van der Waals surface area (Å²) < 4.78 is 0. The molecule has 1 heterocycles. The summed E-state index contributed by atoms with van der Waals surface area (Å²) in [6.07, 6.45) is 6.79. The highest BCUT2D eigenvalue weighted by atomic mass is 16.2. The Balaban J connectivity index is 1.26. The summed E-state index contributed by atoms with van der Waals surface area (Å²) in [5.41, 5.74) is 0. The maximum atomic E-state index is 11.9. The van der Waals surface area contributed by atoms with E-state index in [2.05, 4.69) is 5.32 Å².